The van der Waals surface area contributed by atoms with Crippen molar-refractivity contribution in [1.29, 1.82) is 0 Å². The second kappa shape index (κ2) is 7.42. The number of nitrogens with one attached hydrogen (secondary N) is 1. The van der Waals surface area contributed by atoms with Gasteiger partial charge in [0, 0.05) is 12.1 Å². The van der Waals surface area contributed by atoms with E-state index in [9.17, 15) is 13.2 Å². The molecule has 2 N–H and O–H groups in total. The van der Waals surface area contributed by atoms with E-state index >= 15 is 0 Å². The average molecular weight is 231 g/mol. The van der Waals surface area contributed by atoms with E-state index in [2.05, 4.69) is 11.9 Å². The van der Waals surface area contributed by atoms with Gasteiger partial charge in [-0.2, -0.15) is 8.42 Å². The third-order valence-corrected chi connectivity index (χ3v) is 2.06. The molecule has 0 heterocycles. The van der Waals surface area contributed by atoms with E-state index in [0.717, 1.165) is 0 Å². The van der Waals surface area contributed by atoms with Crippen LogP contribution < -0.4 is 34.9 Å². The van der Waals surface area contributed by atoms with E-state index in [0.29, 0.717) is 5.57 Å². The molecule has 0 aliphatic heterocycles. The van der Waals surface area contributed by atoms with Crippen LogP contribution in [0, 0.1) is 0 Å². The summed E-state index contributed by atoms with van der Waals surface area (Å²) in [6.45, 7) is 5.17. The summed E-state index contributed by atoms with van der Waals surface area (Å²) in [6, 6.07) is 0. The van der Waals surface area contributed by atoms with Crippen LogP contribution in [0.2, 0.25) is 0 Å². The van der Waals surface area contributed by atoms with E-state index in [1.807, 2.05) is 0 Å². The standard InChI is InChI=1S/C7H13NO4S.Na.H/c1-6(2)7(9)8-4-3-5-13(10,11)12;;/h1,3-5H2,2H3,(H,8,9)(H,10,11,12);;/q;+1;-1. The topological polar surface area (TPSA) is 83.5 Å². The van der Waals surface area contributed by atoms with Crippen LogP contribution in [-0.2, 0) is 14.9 Å². The molecule has 0 rings (SSSR count). The zero-order chi connectivity index (χ0) is 10.5. The van der Waals surface area contributed by atoms with Gasteiger partial charge in [0.1, 0.15) is 0 Å². The molecule has 0 saturated carbocycles. The summed E-state index contributed by atoms with van der Waals surface area (Å²) < 4.78 is 28.8. The second-order valence-corrected chi connectivity index (χ2v) is 4.25. The van der Waals surface area contributed by atoms with Gasteiger partial charge in [-0.15, -0.1) is 0 Å². The predicted octanol–water partition coefficient (Wildman–Crippen LogP) is -2.93. The van der Waals surface area contributed by atoms with Gasteiger partial charge in [-0.1, -0.05) is 6.58 Å². The van der Waals surface area contributed by atoms with Crippen molar-refractivity contribution >= 4 is 16.0 Å². The van der Waals surface area contributed by atoms with Crippen molar-refractivity contribution in [2.75, 3.05) is 12.3 Å². The molecular weight excluding hydrogens is 217 g/mol. The molecule has 0 aromatic rings. The van der Waals surface area contributed by atoms with Gasteiger partial charge in [0.2, 0.25) is 5.91 Å². The van der Waals surface area contributed by atoms with E-state index in [-0.39, 0.29) is 55.6 Å². The Morgan fingerprint density at radius 2 is 2.07 bits per heavy atom. The van der Waals surface area contributed by atoms with Crippen molar-refractivity contribution < 1.29 is 48.7 Å². The van der Waals surface area contributed by atoms with E-state index in [1.54, 1.807) is 6.92 Å². The molecule has 0 atom stereocenters. The molecule has 14 heavy (non-hydrogen) atoms. The SMILES string of the molecule is C=C(C)C(=O)NCCCS(=O)(=O)O.[H-].[Na+]. The molecule has 7 heteroatoms. The predicted molar refractivity (Wildman–Crippen MR) is 50.0 cm³/mol. The summed E-state index contributed by atoms with van der Waals surface area (Å²) in [4.78, 5) is 10.8. The average Bonchev–Trinajstić information content (AvgIpc) is 1.95. The third kappa shape index (κ3) is 10.2. The van der Waals surface area contributed by atoms with Gasteiger partial charge in [-0.25, -0.2) is 0 Å². The van der Waals surface area contributed by atoms with E-state index in [4.69, 9.17) is 4.55 Å². The van der Waals surface area contributed by atoms with Crippen LogP contribution in [-0.4, -0.2) is 31.2 Å². The summed E-state index contributed by atoms with van der Waals surface area (Å²) >= 11 is 0. The Hall–Kier alpha value is 0.120. The van der Waals surface area contributed by atoms with Gasteiger partial charge >= 0.3 is 29.6 Å². The Kier molecular flexibility index (Phi) is 8.77. The van der Waals surface area contributed by atoms with Crippen LogP contribution in [0.4, 0.5) is 0 Å². The molecule has 0 radical (unpaired) electrons. The van der Waals surface area contributed by atoms with Gasteiger partial charge in [0.25, 0.3) is 10.1 Å². The monoisotopic (exact) mass is 231 g/mol. The zero-order valence-corrected chi connectivity index (χ0v) is 11.2. The number of rotatable bonds is 5. The number of hydrogen-bond donors (Lipinski definition) is 2. The number of carbonyl (C=O) groups is 1. The fraction of sp³-hybridized carbons (Fsp3) is 0.571. The normalized spacial score (nSPS) is 10.1. The molecule has 1 amide bonds. The van der Waals surface area contributed by atoms with Crippen molar-refractivity contribution in [3.8, 4) is 0 Å². The molecule has 0 saturated heterocycles. The summed E-state index contributed by atoms with van der Waals surface area (Å²) in [7, 11) is -3.92. The van der Waals surface area contributed by atoms with Crippen LogP contribution in [0.5, 0.6) is 0 Å². The molecule has 5 nitrogen and oxygen atoms in total. The minimum atomic E-state index is -3.92. The summed E-state index contributed by atoms with van der Waals surface area (Å²) in [5, 5.41) is 2.44. The summed E-state index contributed by atoms with van der Waals surface area (Å²) in [6.07, 6.45) is 0.192. The summed E-state index contributed by atoms with van der Waals surface area (Å²) in [5.41, 5.74) is 0.367. The zero-order valence-electron chi connectivity index (χ0n) is 9.41. The van der Waals surface area contributed by atoms with Crippen molar-refractivity contribution in [2.24, 2.45) is 0 Å². The van der Waals surface area contributed by atoms with Crippen LogP contribution in [0.15, 0.2) is 12.2 Å². The van der Waals surface area contributed by atoms with Gasteiger partial charge in [0.05, 0.1) is 5.75 Å². The first-order valence-corrected chi connectivity index (χ1v) is 5.32. The second-order valence-electron chi connectivity index (χ2n) is 2.68. The maximum absolute atomic E-state index is 10.8. The Bertz CT molecular complexity index is 304. The Balaban J connectivity index is -0.000000720. The molecule has 0 aromatic carbocycles. The maximum Gasteiger partial charge on any atom is 1.00 e. The van der Waals surface area contributed by atoms with Crippen molar-refractivity contribution in [2.45, 2.75) is 13.3 Å². The third-order valence-electron chi connectivity index (χ3n) is 1.25. The van der Waals surface area contributed by atoms with Crippen LogP contribution in [0.1, 0.15) is 14.8 Å². The van der Waals surface area contributed by atoms with Gasteiger partial charge < -0.3 is 6.74 Å². The molecule has 0 bridgehead atoms. The van der Waals surface area contributed by atoms with Crippen molar-refractivity contribution in [3.05, 3.63) is 12.2 Å². The fourth-order valence-electron chi connectivity index (χ4n) is 0.607. The molecular formula is C7H14NNaO4S. The first-order valence-electron chi connectivity index (χ1n) is 3.72. The molecule has 0 fully saturated rings. The number of amides is 1. The first kappa shape index (κ1) is 16.5. The van der Waals surface area contributed by atoms with Crippen LogP contribution >= 0.6 is 0 Å². The number of carbonyl (C=O) groups excluding carboxylic acids is 1. The van der Waals surface area contributed by atoms with Crippen molar-refractivity contribution in [1.82, 2.24) is 5.32 Å². The first-order chi connectivity index (χ1) is 5.83. The molecule has 0 spiro atoms. The van der Waals surface area contributed by atoms with E-state index in [1.165, 1.54) is 0 Å². The molecule has 0 aliphatic carbocycles. The van der Waals surface area contributed by atoms with Crippen LogP contribution in [0.25, 0.3) is 0 Å². The molecule has 0 aliphatic rings. The van der Waals surface area contributed by atoms with Gasteiger partial charge in [-0.3, -0.25) is 9.35 Å². The molecule has 0 aromatic heterocycles. The van der Waals surface area contributed by atoms with Crippen molar-refractivity contribution in [3.63, 3.8) is 0 Å². The molecule has 0 unspecified atom stereocenters. The Morgan fingerprint density at radius 1 is 1.57 bits per heavy atom. The smallest absolute Gasteiger partial charge is 1.00 e. The Labute approximate surface area is 107 Å². The fourth-order valence-corrected chi connectivity index (χ4v) is 1.12. The molecule has 78 valence electrons. The van der Waals surface area contributed by atoms with Gasteiger partial charge in [0.15, 0.2) is 0 Å². The minimum Gasteiger partial charge on any atom is -1.00 e. The maximum atomic E-state index is 10.8. The minimum absolute atomic E-state index is 0. The summed E-state index contributed by atoms with van der Waals surface area (Å²) in [5.74, 6) is -0.654. The quantitative estimate of drug-likeness (QED) is 0.230. The van der Waals surface area contributed by atoms with Crippen LogP contribution in [0.3, 0.4) is 0 Å². The van der Waals surface area contributed by atoms with Gasteiger partial charge in [-0.05, 0) is 13.3 Å². The van der Waals surface area contributed by atoms with E-state index < -0.39 is 10.1 Å². The largest absolute Gasteiger partial charge is 1.00 e. The Morgan fingerprint density at radius 3 is 2.43 bits per heavy atom. The number of hydrogen-bond acceptors (Lipinski definition) is 3.